The van der Waals surface area contributed by atoms with E-state index in [9.17, 15) is 4.79 Å². The SMILES string of the molecule is CCN(CC)c1ccc(NC(=O)[C@H](C)N)cn1. The maximum atomic E-state index is 11.4. The van der Waals surface area contributed by atoms with Gasteiger partial charge in [-0.15, -0.1) is 0 Å². The first-order valence-electron chi connectivity index (χ1n) is 5.85. The fourth-order valence-corrected chi connectivity index (χ4v) is 1.45. The zero-order valence-electron chi connectivity index (χ0n) is 10.6. The molecule has 17 heavy (non-hydrogen) atoms. The summed E-state index contributed by atoms with van der Waals surface area (Å²) in [5.41, 5.74) is 6.13. The summed E-state index contributed by atoms with van der Waals surface area (Å²) in [6.07, 6.45) is 1.65. The van der Waals surface area contributed by atoms with Crippen molar-refractivity contribution in [2.24, 2.45) is 5.73 Å². The molecule has 0 aromatic carbocycles. The number of aromatic nitrogens is 1. The monoisotopic (exact) mass is 236 g/mol. The maximum Gasteiger partial charge on any atom is 0.241 e. The minimum absolute atomic E-state index is 0.206. The largest absolute Gasteiger partial charge is 0.357 e. The quantitative estimate of drug-likeness (QED) is 0.806. The smallest absolute Gasteiger partial charge is 0.241 e. The number of pyridine rings is 1. The van der Waals surface area contributed by atoms with Gasteiger partial charge in [0.1, 0.15) is 5.82 Å². The Morgan fingerprint density at radius 3 is 2.53 bits per heavy atom. The second kappa shape index (κ2) is 6.20. The maximum absolute atomic E-state index is 11.4. The van der Waals surface area contributed by atoms with Gasteiger partial charge in [0.25, 0.3) is 0 Å². The van der Waals surface area contributed by atoms with E-state index in [2.05, 4.69) is 29.0 Å². The van der Waals surface area contributed by atoms with E-state index in [4.69, 9.17) is 5.73 Å². The van der Waals surface area contributed by atoms with E-state index >= 15 is 0 Å². The molecule has 0 unspecified atom stereocenters. The number of carbonyl (C=O) groups is 1. The molecule has 1 aromatic heterocycles. The molecule has 1 atom stereocenters. The molecule has 0 aliphatic rings. The lowest BCUT2D eigenvalue weighted by molar-refractivity contribution is -0.117. The average Bonchev–Trinajstić information content (AvgIpc) is 2.32. The predicted molar refractivity (Wildman–Crippen MR) is 70.1 cm³/mol. The number of nitrogens with two attached hydrogens (primary N) is 1. The molecule has 1 amide bonds. The molecule has 1 aromatic rings. The molecule has 0 saturated carbocycles. The molecule has 1 heterocycles. The standard InChI is InChI=1S/C12H20N4O/c1-4-16(5-2)11-7-6-10(8-14-11)15-12(17)9(3)13/h6-9H,4-5,13H2,1-3H3,(H,15,17)/t9-/m0/s1. The Hall–Kier alpha value is -1.62. The first kappa shape index (κ1) is 13.4. The molecule has 0 spiro atoms. The number of rotatable bonds is 5. The number of hydrogen-bond acceptors (Lipinski definition) is 4. The summed E-state index contributed by atoms with van der Waals surface area (Å²) >= 11 is 0. The van der Waals surface area contributed by atoms with Crippen molar-refractivity contribution in [3.8, 4) is 0 Å². The van der Waals surface area contributed by atoms with Crippen molar-refractivity contribution < 1.29 is 4.79 Å². The molecule has 0 bridgehead atoms. The number of nitrogens with one attached hydrogen (secondary N) is 1. The van der Waals surface area contributed by atoms with Crippen molar-refractivity contribution in [1.82, 2.24) is 4.98 Å². The van der Waals surface area contributed by atoms with Crippen molar-refractivity contribution in [1.29, 1.82) is 0 Å². The van der Waals surface area contributed by atoms with Gasteiger partial charge in [0.05, 0.1) is 17.9 Å². The second-order valence-corrected chi connectivity index (χ2v) is 3.86. The van der Waals surface area contributed by atoms with Gasteiger partial charge in [-0.25, -0.2) is 4.98 Å². The minimum atomic E-state index is -0.516. The Labute approximate surface area is 102 Å². The number of amides is 1. The third-order valence-corrected chi connectivity index (χ3v) is 2.52. The van der Waals surface area contributed by atoms with Crippen LogP contribution in [-0.2, 0) is 4.79 Å². The zero-order valence-corrected chi connectivity index (χ0v) is 10.6. The summed E-state index contributed by atoms with van der Waals surface area (Å²) < 4.78 is 0. The van der Waals surface area contributed by atoms with Crippen LogP contribution in [0.25, 0.3) is 0 Å². The Morgan fingerprint density at radius 1 is 1.47 bits per heavy atom. The van der Waals surface area contributed by atoms with E-state index < -0.39 is 6.04 Å². The molecular weight excluding hydrogens is 216 g/mol. The highest BCUT2D eigenvalue weighted by molar-refractivity contribution is 5.94. The van der Waals surface area contributed by atoms with Crippen LogP contribution >= 0.6 is 0 Å². The van der Waals surface area contributed by atoms with E-state index in [1.165, 1.54) is 0 Å². The van der Waals surface area contributed by atoms with E-state index in [1.54, 1.807) is 13.1 Å². The van der Waals surface area contributed by atoms with E-state index in [1.807, 2.05) is 12.1 Å². The Bertz CT molecular complexity index is 357. The molecule has 0 aliphatic carbocycles. The highest BCUT2D eigenvalue weighted by atomic mass is 16.2. The van der Waals surface area contributed by atoms with Crippen LogP contribution in [0.5, 0.6) is 0 Å². The van der Waals surface area contributed by atoms with Crippen LogP contribution in [0.1, 0.15) is 20.8 Å². The van der Waals surface area contributed by atoms with Gasteiger partial charge < -0.3 is 16.0 Å². The molecule has 3 N–H and O–H groups in total. The number of carbonyl (C=O) groups excluding carboxylic acids is 1. The van der Waals surface area contributed by atoms with Gasteiger partial charge in [0.2, 0.25) is 5.91 Å². The van der Waals surface area contributed by atoms with Crippen LogP contribution in [0.4, 0.5) is 11.5 Å². The highest BCUT2D eigenvalue weighted by Gasteiger charge is 2.08. The molecule has 94 valence electrons. The van der Waals surface area contributed by atoms with Crippen molar-refractivity contribution in [3.05, 3.63) is 18.3 Å². The Morgan fingerprint density at radius 2 is 2.12 bits per heavy atom. The normalized spacial score (nSPS) is 12.0. The topological polar surface area (TPSA) is 71.2 Å². The Kier molecular flexibility index (Phi) is 4.90. The lowest BCUT2D eigenvalue weighted by Gasteiger charge is -2.19. The van der Waals surface area contributed by atoms with Gasteiger partial charge in [-0.2, -0.15) is 0 Å². The third kappa shape index (κ3) is 3.71. The fraction of sp³-hybridized carbons (Fsp3) is 0.500. The molecule has 5 heteroatoms. The lowest BCUT2D eigenvalue weighted by atomic mass is 10.3. The van der Waals surface area contributed by atoms with Gasteiger partial charge >= 0.3 is 0 Å². The van der Waals surface area contributed by atoms with Gasteiger partial charge in [0.15, 0.2) is 0 Å². The van der Waals surface area contributed by atoms with Crippen LogP contribution in [-0.4, -0.2) is 30.0 Å². The molecule has 0 fully saturated rings. The van der Waals surface area contributed by atoms with Gasteiger partial charge in [-0.3, -0.25) is 4.79 Å². The number of nitrogens with zero attached hydrogens (tertiary/aromatic N) is 2. The van der Waals surface area contributed by atoms with Crippen LogP contribution < -0.4 is 16.0 Å². The van der Waals surface area contributed by atoms with Gasteiger partial charge in [-0.1, -0.05) is 0 Å². The van der Waals surface area contributed by atoms with Crippen molar-refractivity contribution >= 4 is 17.4 Å². The average molecular weight is 236 g/mol. The molecule has 1 rings (SSSR count). The lowest BCUT2D eigenvalue weighted by Crippen LogP contribution is -2.32. The molecule has 0 saturated heterocycles. The fourth-order valence-electron chi connectivity index (χ4n) is 1.45. The Balaban J connectivity index is 2.71. The van der Waals surface area contributed by atoms with Crippen LogP contribution in [0, 0.1) is 0 Å². The molecule has 5 nitrogen and oxygen atoms in total. The first-order chi connectivity index (χ1) is 8.08. The summed E-state index contributed by atoms with van der Waals surface area (Å²) in [6, 6.07) is 3.21. The molecule has 0 aliphatic heterocycles. The van der Waals surface area contributed by atoms with Crippen LogP contribution in [0.2, 0.25) is 0 Å². The summed E-state index contributed by atoms with van der Waals surface area (Å²) in [6.45, 7) is 7.63. The predicted octanol–water partition coefficient (Wildman–Crippen LogP) is 1.21. The first-order valence-corrected chi connectivity index (χ1v) is 5.85. The number of hydrogen-bond donors (Lipinski definition) is 2. The van der Waals surface area contributed by atoms with Crippen LogP contribution in [0.3, 0.4) is 0 Å². The summed E-state index contributed by atoms with van der Waals surface area (Å²) in [7, 11) is 0. The van der Waals surface area contributed by atoms with Crippen LogP contribution in [0.15, 0.2) is 18.3 Å². The highest BCUT2D eigenvalue weighted by Crippen LogP contribution is 2.13. The zero-order chi connectivity index (χ0) is 12.8. The number of anilines is 2. The minimum Gasteiger partial charge on any atom is -0.357 e. The van der Waals surface area contributed by atoms with Crippen molar-refractivity contribution in [3.63, 3.8) is 0 Å². The molecule has 0 radical (unpaired) electrons. The summed E-state index contributed by atoms with van der Waals surface area (Å²) in [5.74, 6) is 0.705. The van der Waals surface area contributed by atoms with E-state index in [-0.39, 0.29) is 5.91 Å². The van der Waals surface area contributed by atoms with E-state index in [0.717, 1.165) is 18.9 Å². The third-order valence-electron chi connectivity index (χ3n) is 2.52. The van der Waals surface area contributed by atoms with E-state index in [0.29, 0.717) is 5.69 Å². The summed E-state index contributed by atoms with van der Waals surface area (Å²) in [4.78, 5) is 17.8. The van der Waals surface area contributed by atoms with Crippen molar-refractivity contribution in [2.75, 3.05) is 23.3 Å². The molecular formula is C12H20N4O. The second-order valence-electron chi connectivity index (χ2n) is 3.86. The van der Waals surface area contributed by atoms with Gasteiger partial charge in [-0.05, 0) is 32.9 Å². The summed E-state index contributed by atoms with van der Waals surface area (Å²) in [5, 5.41) is 2.70. The van der Waals surface area contributed by atoms with Gasteiger partial charge in [0, 0.05) is 13.1 Å². The van der Waals surface area contributed by atoms with Crippen molar-refractivity contribution in [2.45, 2.75) is 26.8 Å².